The summed E-state index contributed by atoms with van der Waals surface area (Å²) >= 11 is 6.31. The summed E-state index contributed by atoms with van der Waals surface area (Å²) < 4.78 is 0. The van der Waals surface area contributed by atoms with Gasteiger partial charge in [-0.15, -0.1) is 0 Å². The summed E-state index contributed by atoms with van der Waals surface area (Å²) in [6, 6.07) is 8.50. The van der Waals surface area contributed by atoms with Crippen LogP contribution in [0.1, 0.15) is 24.0 Å². The van der Waals surface area contributed by atoms with Gasteiger partial charge in [-0.3, -0.25) is 9.69 Å². The number of benzene rings is 1. The van der Waals surface area contributed by atoms with Gasteiger partial charge in [0.05, 0.1) is 23.4 Å². The molecule has 1 atom stereocenters. The number of amides is 1. The van der Waals surface area contributed by atoms with Gasteiger partial charge in [0.2, 0.25) is 5.91 Å². The van der Waals surface area contributed by atoms with Crippen molar-refractivity contribution >= 4 is 17.5 Å². The number of allylic oxidation sites excluding steroid dienone is 3. The zero-order valence-corrected chi connectivity index (χ0v) is 16.9. The average molecular weight is 402 g/mol. The van der Waals surface area contributed by atoms with E-state index in [2.05, 4.69) is 40.1 Å². The fraction of sp³-hybridized carbons (Fsp3) is 0.500. The molecule has 0 radical (unpaired) electrons. The highest BCUT2D eigenvalue weighted by atomic mass is 35.5. The van der Waals surface area contributed by atoms with Crippen LogP contribution in [0.4, 0.5) is 0 Å². The van der Waals surface area contributed by atoms with Gasteiger partial charge in [0.25, 0.3) is 0 Å². The monoisotopic (exact) mass is 401 g/mol. The van der Waals surface area contributed by atoms with E-state index in [1.165, 1.54) is 11.1 Å². The third kappa shape index (κ3) is 4.43. The molecule has 1 fully saturated rings. The highest BCUT2D eigenvalue weighted by molar-refractivity contribution is 6.32. The number of β-amino-alcohol motifs (C(OH)–C–C–N with tert-alkyl or cyclic N) is 1. The molecule has 4 rings (SSSR count). The Hall–Kier alpha value is -1.82. The van der Waals surface area contributed by atoms with Crippen LogP contribution in [0.15, 0.2) is 47.1 Å². The van der Waals surface area contributed by atoms with Gasteiger partial charge in [-0.25, -0.2) is 0 Å². The zero-order chi connectivity index (χ0) is 19.5. The molecule has 0 spiro atoms. The first-order valence-corrected chi connectivity index (χ1v) is 10.5. The van der Waals surface area contributed by atoms with Crippen molar-refractivity contribution in [2.24, 2.45) is 0 Å². The second kappa shape index (κ2) is 8.68. The van der Waals surface area contributed by atoms with Crippen molar-refractivity contribution in [2.45, 2.75) is 31.9 Å². The van der Waals surface area contributed by atoms with Crippen LogP contribution in [0.2, 0.25) is 0 Å². The maximum absolute atomic E-state index is 12.6. The van der Waals surface area contributed by atoms with Gasteiger partial charge in [-0.2, -0.15) is 0 Å². The maximum Gasteiger partial charge on any atom is 0.242 e. The number of carbonyl (C=O) groups is 1. The van der Waals surface area contributed by atoms with Gasteiger partial charge in [0, 0.05) is 39.3 Å². The van der Waals surface area contributed by atoms with Crippen molar-refractivity contribution in [2.75, 3.05) is 39.3 Å². The first kappa shape index (κ1) is 19.5. The molecule has 2 heterocycles. The molecule has 150 valence electrons. The van der Waals surface area contributed by atoms with Crippen LogP contribution in [-0.2, 0) is 17.8 Å². The molecule has 0 aromatic heterocycles. The first-order chi connectivity index (χ1) is 13.6. The van der Waals surface area contributed by atoms with E-state index in [9.17, 15) is 9.90 Å². The smallest absolute Gasteiger partial charge is 0.242 e. The summed E-state index contributed by atoms with van der Waals surface area (Å²) in [5.74, 6) is 0.0604. The minimum Gasteiger partial charge on any atom is -0.390 e. The van der Waals surface area contributed by atoms with Crippen molar-refractivity contribution in [1.29, 1.82) is 0 Å². The predicted octanol–water partition coefficient (Wildman–Crippen LogP) is 2.35. The van der Waals surface area contributed by atoms with Crippen LogP contribution in [0.25, 0.3) is 0 Å². The van der Waals surface area contributed by atoms with Crippen LogP contribution >= 0.6 is 11.6 Å². The number of hydrogen-bond acceptors (Lipinski definition) is 4. The number of carbonyl (C=O) groups excluding carboxylic acids is 1. The van der Waals surface area contributed by atoms with E-state index < -0.39 is 6.10 Å². The van der Waals surface area contributed by atoms with Crippen molar-refractivity contribution in [3.05, 3.63) is 58.3 Å². The van der Waals surface area contributed by atoms with Gasteiger partial charge < -0.3 is 14.9 Å². The standard InChI is InChI=1S/C22H28ClN3O2/c23-20-7-3-4-8-21(20)25-11-12-26(22(28)16-25)15-19(27)14-24-10-9-17-5-1-2-6-18(17)13-24/h1-2,5-8,19,27H,3-4,9-16H2. The Morgan fingerprint density at radius 1 is 1.00 bits per heavy atom. The Labute approximate surface area is 171 Å². The number of aliphatic hydroxyl groups excluding tert-OH is 1. The topological polar surface area (TPSA) is 47.0 Å². The van der Waals surface area contributed by atoms with E-state index in [1.54, 1.807) is 4.90 Å². The average Bonchev–Trinajstić information content (AvgIpc) is 2.70. The Balaban J connectivity index is 1.28. The minimum atomic E-state index is -0.529. The van der Waals surface area contributed by atoms with E-state index in [-0.39, 0.29) is 5.91 Å². The molecule has 5 nitrogen and oxygen atoms in total. The van der Waals surface area contributed by atoms with E-state index in [0.717, 1.165) is 49.6 Å². The Morgan fingerprint density at radius 3 is 2.57 bits per heavy atom. The molecule has 0 saturated carbocycles. The fourth-order valence-corrected chi connectivity index (χ4v) is 4.65. The summed E-state index contributed by atoms with van der Waals surface area (Å²) in [4.78, 5) is 18.8. The molecule has 2 aliphatic heterocycles. The minimum absolute atomic E-state index is 0.0604. The Bertz CT molecular complexity index is 792. The zero-order valence-electron chi connectivity index (χ0n) is 16.2. The van der Waals surface area contributed by atoms with Gasteiger partial charge in [0.15, 0.2) is 0 Å². The van der Waals surface area contributed by atoms with Gasteiger partial charge in [0.1, 0.15) is 0 Å². The molecule has 0 bridgehead atoms. The Kier molecular flexibility index (Phi) is 6.04. The highest BCUT2D eigenvalue weighted by Crippen LogP contribution is 2.26. The second-order valence-corrected chi connectivity index (χ2v) is 8.29. The lowest BCUT2D eigenvalue weighted by molar-refractivity contribution is -0.136. The summed E-state index contributed by atoms with van der Waals surface area (Å²) in [6.45, 7) is 4.53. The number of nitrogens with zero attached hydrogens (tertiary/aromatic N) is 3. The largest absolute Gasteiger partial charge is 0.390 e. The maximum atomic E-state index is 12.6. The first-order valence-electron chi connectivity index (χ1n) is 10.2. The quantitative estimate of drug-likeness (QED) is 0.822. The third-order valence-electron chi connectivity index (χ3n) is 5.84. The van der Waals surface area contributed by atoms with Crippen LogP contribution in [-0.4, -0.2) is 71.1 Å². The number of rotatable bonds is 5. The molecule has 1 aliphatic carbocycles. The summed E-state index contributed by atoms with van der Waals surface area (Å²) in [5, 5.41) is 11.3. The number of aliphatic hydroxyl groups is 1. The molecule has 1 amide bonds. The van der Waals surface area contributed by atoms with Crippen LogP contribution in [0.5, 0.6) is 0 Å². The van der Waals surface area contributed by atoms with E-state index in [1.807, 2.05) is 6.08 Å². The van der Waals surface area contributed by atoms with E-state index in [0.29, 0.717) is 26.2 Å². The normalized spacial score (nSPS) is 21.9. The molecule has 1 unspecified atom stereocenters. The van der Waals surface area contributed by atoms with E-state index >= 15 is 0 Å². The lowest BCUT2D eigenvalue weighted by Gasteiger charge is -2.38. The third-order valence-corrected chi connectivity index (χ3v) is 6.19. The van der Waals surface area contributed by atoms with Crippen LogP contribution < -0.4 is 0 Å². The lowest BCUT2D eigenvalue weighted by atomic mass is 10.00. The molecule has 6 heteroatoms. The van der Waals surface area contributed by atoms with Gasteiger partial charge in [-0.1, -0.05) is 48.0 Å². The van der Waals surface area contributed by atoms with Crippen molar-refractivity contribution in [1.82, 2.24) is 14.7 Å². The van der Waals surface area contributed by atoms with Gasteiger partial charge in [-0.05, 0) is 30.4 Å². The molecular weight excluding hydrogens is 374 g/mol. The summed E-state index contributed by atoms with van der Waals surface area (Å²) in [6.07, 6.45) is 6.56. The molecular formula is C22H28ClN3O2. The number of fused-ring (bicyclic) bond motifs is 1. The molecule has 3 aliphatic rings. The predicted molar refractivity (Wildman–Crippen MR) is 111 cm³/mol. The van der Waals surface area contributed by atoms with Gasteiger partial charge >= 0.3 is 0 Å². The number of piperazine rings is 1. The summed E-state index contributed by atoms with van der Waals surface area (Å²) in [5.41, 5.74) is 3.73. The lowest BCUT2D eigenvalue weighted by Crippen LogP contribution is -2.53. The SMILES string of the molecule is O=C1CN(C2=CCCC=C2Cl)CCN1CC(O)CN1CCc2ccccc2C1. The molecule has 1 aromatic rings. The molecule has 1 aromatic carbocycles. The fourth-order valence-electron chi connectivity index (χ4n) is 4.34. The second-order valence-electron chi connectivity index (χ2n) is 7.89. The molecule has 1 saturated heterocycles. The highest BCUT2D eigenvalue weighted by Gasteiger charge is 2.28. The van der Waals surface area contributed by atoms with Crippen LogP contribution in [0, 0.1) is 0 Å². The number of halogens is 1. The van der Waals surface area contributed by atoms with Crippen LogP contribution in [0.3, 0.4) is 0 Å². The summed E-state index contributed by atoms with van der Waals surface area (Å²) in [7, 11) is 0. The molecule has 1 N–H and O–H groups in total. The number of hydrogen-bond donors (Lipinski definition) is 1. The molecule has 28 heavy (non-hydrogen) atoms. The van der Waals surface area contributed by atoms with E-state index in [4.69, 9.17) is 11.6 Å². The van der Waals surface area contributed by atoms with Crippen molar-refractivity contribution in [3.8, 4) is 0 Å². The Morgan fingerprint density at radius 2 is 1.79 bits per heavy atom. The van der Waals surface area contributed by atoms with Crippen molar-refractivity contribution in [3.63, 3.8) is 0 Å². The van der Waals surface area contributed by atoms with Crippen molar-refractivity contribution < 1.29 is 9.90 Å².